The van der Waals surface area contributed by atoms with Crippen LogP contribution < -0.4 is 5.73 Å². The summed E-state index contributed by atoms with van der Waals surface area (Å²) in [5.41, 5.74) is 9.42. The molecule has 2 N–H and O–H groups in total. The van der Waals surface area contributed by atoms with Crippen molar-refractivity contribution in [3.63, 3.8) is 0 Å². The molecule has 0 spiro atoms. The molecule has 0 aliphatic carbocycles. The molecule has 2 aromatic rings. The monoisotopic (exact) mass is 260 g/mol. The molecular weight excluding hydrogens is 236 g/mol. The van der Waals surface area contributed by atoms with Crippen molar-refractivity contribution in [3.05, 3.63) is 17.6 Å². The number of hydrogen-bond donors (Lipinski definition) is 1. The van der Waals surface area contributed by atoms with Gasteiger partial charge >= 0.3 is 0 Å². The largest absolute Gasteiger partial charge is 0.383 e. The van der Waals surface area contributed by atoms with Gasteiger partial charge in [0.05, 0.1) is 5.39 Å². The Morgan fingerprint density at radius 2 is 1.95 bits per heavy atom. The van der Waals surface area contributed by atoms with Crippen molar-refractivity contribution in [2.75, 3.05) is 5.73 Å². The van der Waals surface area contributed by atoms with Crippen molar-refractivity contribution in [2.45, 2.75) is 53.5 Å². The number of nitrogens with zero attached hydrogens (tertiary/aromatic N) is 3. The highest BCUT2D eigenvalue weighted by Gasteiger charge is 2.19. The minimum atomic E-state index is 0.431. The quantitative estimate of drug-likeness (QED) is 0.913. The minimum Gasteiger partial charge on any atom is -0.383 e. The van der Waals surface area contributed by atoms with Gasteiger partial charge in [0.1, 0.15) is 17.8 Å². The van der Waals surface area contributed by atoms with Gasteiger partial charge in [-0.1, -0.05) is 20.3 Å². The van der Waals surface area contributed by atoms with Crippen molar-refractivity contribution in [2.24, 2.45) is 5.92 Å². The van der Waals surface area contributed by atoms with Gasteiger partial charge in [0.25, 0.3) is 0 Å². The topological polar surface area (TPSA) is 56.7 Å². The molecule has 0 amide bonds. The van der Waals surface area contributed by atoms with E-state index in [1.165, 1.54) is 17.7 Å². The molecule has 0 aromatic carbocycles. The first-order valence-corrected chi connectivity index (χ1v) is 7.04. The van der Waals surface area contributed by atoms with E-state index in [0.29, 0.717) is 17.8 Å². The van der Waals surface area contributed by atoms with Gasteiger partial charge in [-0.05, 0) is 38.7 Å². The van der Waals surface area contributed by atoms with Crippen LogP contribution in [-0.4, -0.2) is 14.5 Å². The molecule has 2 atom stereocenters. The van der Waals surface area contributed by atoms with Crippen LogP contribution in [0.4, 0.5) is 5.82 Å². The minimum absolute atomic E-state index is 0.431. The predicted octanol–water partition coefficient (Wildman–Crippen LogP) is 3.63. The van der Waals surface area contributed by atoms with Crippen LogP contribution in [0.25, 0.3) is 11.0 Å². The molecule has 0 saturated heterocycles. The van der Waals surface area contributed by atoms with E-state index in [0.717, 1.165) is 17.5 Å². The number of nitrogens with two attached hydrogens (primary N) is 1. The van der Waals surface area contributed by atoms with Gasteiger partial charge in [-0.2, -0.15) is 0 Å². The number of rotatable bonds is 4. The Labute approximate surface area is 115 Å². The smallest absolute Gasteiger partial charge is 0.146 e. The van der Waals surface area contributed by atoms with E-state index in [1.54, 1.807) is 6.33 Å². The third-order valence-corrected chi connectivity index (χ3v) is 4.25. The average molecular weight is 260 g/mol. The van der Waals surface area contributed by atoms with E-state index in [9.17, 15) is 0 Å². The molecule has 0 aliphatic rings. The van der Waals surface area contributed by atoms with E-state index in [1.807, 2.05) is 0 Å². The normalized spacial score (nSPS) is 14.8. The zero-order valence-electron chi connectivity index (χ0n) is 12.6. The summed E-state index contributed by atoms with van der Waals surface area (Å²) in [5.74, 6) is 1.30. The lowest BCUT2D eigenvalue weighted by Crippen LogP contribution is -2.11. The molecule has 104 valence electrons. The van der Waals surface area contributed by atoms with Gasteiger partial charge in [0.2, 0.25) is 0 Å². The molecule has 0 fully saturated rings. The fourth-order valence-corrected chi connectivity index (χ4v) is 2.85. The summed E-state index contributed by atoms with van der Waals surface area (Å²) < 4.78 is 2.31. The van der Waals surface area contributed by atoms with Gasteiger partial charge in [0.15, 0.2) is 0 Å². The molecule has 2 unspecified atom stereocenters. The van der Waals surface area contributed by atoms with E-state index in [-0.39, 0.29) is 0 Å². The molecule has 2 rings (SSSR count). The zero-order valence-corrected chi connectivity index (χ0v) is 12.6. The number of fused-ring (bicyclic) bond motifs is 1. The maximum Gasteiger partial charge on any atom is 0.146 e. The molecule has 0 bridgehead atoms. The van der Waals surface area contributed by atoms with Crippen LogP contribution in [0.2, 0.25) is 0 Å². The van der Waals surface area contributed by atoms with Crippen molar-refractivity contribution in [1.82, 2.24) is 14.5 Å². The summed E-state index contributed by atoms with van der Waals surface area (Å²) >= 11 is 0. The standard InChI is InChI=1S/C15H24N4/c1-6-9(2)7-10(3)19-12(5)11(4)13-14(16)17-8-18-15(13)19/h8-10H,6-7H2,1-5H3,(H2,16,17,18). The van der Waals surface area contributed by atoms with Crippen LogP contribution in [-0.2, 0) is 0 Å². The lowest BCUT2D eigenvalue weighted by molar-refractivity contribution is 0.400. The average Bonchev–Trinajstić information content (AvgIpc) is 2.63. The molecule has 4 heteroatoms. The summed E-state index contributed by atoms with van der Waals surface area (Å²) in [7, 11) is 0. The summed E-state index contributed by atoms with van der Waals surface area (Å²) in [6.45, 7) is 11.0. The number of anilines is 1. The summed E-state index contributed by atoms with van der Waals surface area (Å²) in [6, 6.07) is 0.431. The molecule has 19 heavy (non-hydrogen) atoms. The third kappa shape index (κ3) is 2.31. The van der Waals surface area contributed by atoms with E-state index in [2.05, 4.69) is 49.2 Å². The number of aryl methyl sites for hydroxylation is 1. The van der Waals surface area contributed by atoms with E-state index >= 15 is 0 Å². The molecule has 2 heterocycles. The Balaban J connectivity index is 2.54. The Morgan fingerprint density at radius 1 is 1.26 bits per heavy atom. The van der Waals surface area contributed by atoms with Crippen molar-refractivity contribution >= 4 is 16.9 Å². The maximum atomic E-state index is 6.00. The predicted molar refractivity (Wildman–Crippen MR) is 80.2 cm³/mol. The molecule has 4 nitrogen and oxygen atoms in total. The lowest BCUT2D eigenvalue weighted by atomic mass is 10.00. The van der Waals surface area contributed by atoms with Gasteiger partial charge in [-0.3, -0.25) is 0 Å². The molecule has 0 saturated carbocycles. The van der Waals surface area contributed by atoms with Gasteiger partial charge in [-0.15, -0.1) is 0 Å². The fourth-order valence-electron chi connectivity index (χ4n) is 2.85. The van der Waals surface area contributed by atoms with Crippen LogP contribution in [0, 0.1) is 19.8 Å². The Kier molecular flexibility index (Phi) is 3.78. The Hall–Kier alpha value is -1.58. The van der Waals surface area contributed by atoms with Gasteiger partial charge < -0.3 is 10.3 Å². The second-order valence-electron chi connectivity index (χ2n) is 5.64. The fraction of sp³-hybridized carbons (Fsp3) is 0.600. The third-order valence-electron chi connectivity index (χ3n) is 4.25. The van der Waals surface area contributed by atoms with Crippen LogP contribution in [0.15, 0.2) is 6.33 Å². The number of hydrogen-bond acceptors (Lipinski definition) is 3. The van der Waals surface area contributed by atoms with Gasteiger partial charge in [0, 0.05) is 11.7 Å². The first-order chi connectivity index (χ1) is 8.97. The van der Waals surface area contributed by atoms with Crippen LogP contribution in [0.3, 0.4) is 0 Å². The van der Waals surface area contributed by atoms with Crippen molar-refractivity contribution < 1.29 is 0 Å². The molecule has 0 aliphatic heterocycles. The van der Waals surface area contributed by atoms with E-state index in [4.69, 9.17) is 5.73 Å². The van der Waals surface area contributed by atoms with E-state index < -0.39 is 0 Å². The molecule has 0 radical (unpaired) electrons. The Bertz CT molecular complexity index is 585. The highest BCUT2D eigenvalue weighted by Crippen LogP contribution is 2.32. The maximum absolute atomic E-state index is 6.00. The summed E-state index contributed by atoms with van der Waals surface area (Å²) in [5, 5.41) is 1.01. The molecule has 2 aromatic heterocycles. The SMILES string of the molecule is CCC(C)CC(C)n1c(C)c(C)c2c(N)ncnc21. The summed E-state index contributed by atoms with van der Waals surface area (Å²) in [4.78, 5) is 8.56. The Morgan fingerprint density at radius 3 is 2.58 bits per heavy atom. The number of nitrogen functional groups attached to an aromatic ring is 1. The highest BCUT2D eigenvalue weighted by atomic mass is 15.1. The first kappa shape index (κ1) is 13.8. The number of aromatic nitrogens is 3. The second-order valence-corrected chi connectivity index (χ2v) is 5.64. The van der Waals surface area contributed by atoms with Crippen molar-refractivity contribution in [3.8, 4) is 0 Å². The van der Waals surface area contributed by atoms with Crippen LogP contribution in [0.1, 0.15) is 50.9 Å². The van der Waals surface area contributed by atoms with Gasteiger partial charge in [-0.25, -0.2) is 9.97 Å². The lowest BCUT2D eigenvalue weighted by Gasteiger charge is -2.20. The second kappa shape index (κ2) is 5.19. The first-order valence-electron chi connectivity index (χ1n) is 7.04. The molecular formula is C15H24N4. The van der Waals surface area contributed by atoms with Crippen LogP contribution in [0.5, 0.6) is 0 Å². The zero-order chi connectivity index (χ0) is 14.2. The highest BCUT2D eigenvalue weighted by molar-refractivity contribution is 5.90. The van der Waals surface area contributed by atoms with Crippen LogP contribution >= 0.6 is 0 Å². The van der Waals surface area contributed by atoms with Crippen molar-refractivity contribution in [1.29, 1.82) is 0 Å². The summed E-state index contributed by atoms with van der Waals surface area (Å²) in [6.07, 6.45) is 3.92.